The first-order valence-electron chi connectivity index (χ1n) is 6.35. The van der Waals surface area contributed by atoms with Crippen molar-refractivity contribution in [2.24, 2.45) is 17.3 Å². The van der Waals surface area contributed by atoms with E-state index in [0.29, 0.717) is 5.41 Å². The molecule has 86 valence electrons. The van der Waals surface area contributed by atoms with Crippen LogP contribution in [0.5, 0.6) is 0 Å². The van der Waals surface area contributed by atoms with Gasteiger partial charge in [0.15, 0.2) is 0 Å². The Morgan fingerprint density at radius 2 is 1.64 bits per heavy atom. The molecular formula is C14H30. The number of hydrogen-bond donors (Lipinski definition) is 0. The lowest BCUT2D eigenvalue weighted by Crippen LogP contribution is -2.15. The Balaban J connectivity index is 3.97. The third-order valence-corrected chi connectivity index (χ3v) is 2.67. The first kappa shape index (κ1) is 14.0. The fourth-order valence-electron chi connectivity index (χ4n) is 2.33. The quantitative estimate of drug-likeness (QED) is 0.545. The van der Waals surface area contributed by atoms with Crippen molar-refractivity contribution in [2.75, 3.05) is 0 Å². The van der Waals surface area contributed by atoms with Crippen LogP contribution in [0.3, 0.4) is 0 Å². The molecule has 0 bridgehead atoms. The Kier molecular flexibility index (Phi) is 6.48. The molecule has 0 fully saturated rings. The summed E-state index contributed by atoms with van der Waals surface area (Å²) in [6.45, 7) is 14.1. The molecule has 0 heterocycles. The van der Waals surface area contributed by atoms with Crippen molar-refractivity contribution in [3.63, 3.8) is 0 Å². The lowest BCUT2D eigenvalue weighted by atomic mass is 9.79. The molecule has 0 N–H and O–H groups in total. The van der Waals surface area contributed by atoms with Crippen LogP contribution in [0.2, 0.25) is 0 Å². The Hall–Kier alpha value is 0. The minimum Gasteiger partial charge on any atom is -0.0654 e. The maximum absolute atomic E-state index is 2.37. The maximum atomic E-state index is 2.37. The second kappa shape index (κ2) is 6.48. The highest BCUT2D eigenvalue weighted by Gasteiger charge is 2.18. The van der Waals surface area contributed by atoms with Crippen molar-refractivity contribution in [1.82, 2.24) is 0 Å². The van der Waals surface area contributed by atoms with Crippen molar-refractivity contribution in [3.05, 3.63) is 0 Å². The van der Waals surface area contributed by atoms with Crippen molar-refractivity contribution < 1.29 is 0 Å². The van der Waals surface area contributed by atoms with Gasteiger partial charge in [0.1, 0.15) is 0 Å². The van der Waals surface area contributed by atoms with Crippen LogP contribution < -0.4 is 0 Å². The Bertz CT molecular complexity index is 127. The highest BCUT2D eigenvalue weighted by molar-refractivity contribution is 4.70. The molecule has 0 rings (SSSR count). The minimum atomic E-state index is 0.507. The van der Waals surface area contributed by atoms with Gasteiger partial charge in [0.2, 0.25) is 0 Å². The molecule has 0 aliphatic heterocycles. The second-order valence-electron chi connectivity index (χ2n) is 6.40. The molecule has 1 unspecified atom stereocenters. The highest BCUT2D eigenvalue weighted by atomic mass is 14.2. The smallest absolute Gasteiger partial charge is 0.0380 e. The summed E-state index contributed by atoms with van der Waals surface area (Å²) in [6.07, 6.45) is 7.00. The van der Waals surface area contributed by atoms with E-state index >= 15 is 0 Å². The van der Waals surface area contributed by atoms with Crippen molar-refractivity contribution in [3.8, 4) is 0 Å². The van der Waals surface area contributed by atoms with E-state index in [4.69, 9.17) is 0 Å². The van der Waals surface area contributed by atoms with E-state index in [0.717, 1.165) is 11.8 Å². The molecule has 0 saturated heterocycles. The summed E-state index contributed by atoms with van der Waals surface area (Å²) in [5, 5.41) is 0. The van der Waals surface area contributed by atoms with E-state index < -0.39 is 0 Å². The van der Waals surface area contributed by atoms with E-state index in [2.05, 4.69) is 41.5 Å². The zero-order valence-electron chi connectivity index (χ0n) is 11.2. The zero-order chi connectivity index (χ0) is 11.2. The molecular weight excluding hydrogens is 168 g/mol. The molecule has 14 heavy (non-hydrogen) atoms. The first-order chi connectivity index (χ1) is 6.35. The highest BCUT2D eigenvalue weighted by Crippen LogP contribution is 2.31. The molecule has 0 aliphatic rings. The van der Waals surface area contributed by atoms with E-state index in [1.807, 2.05) is 0 Å². The molecule has 1 atom stereocenters. The van der Waals surface area contributed by atoms with Gasteiger partial charge in [0.25, 0.3) is 0 Å². The normalized spacial score (nSPS) is 14.8. The van der Waals surface area contributed by atoms with Gasteiger partial charge < -0.3 is 0 Å². The van der Waals surface area contributed by atoms with E-state index in [-0.39, 0.29) is 0 Å². The second-order valence-corrected chi connectivity index (χ2v) is 6.40. The Morgan fingerprint density at radius 1 is 1.07 bits per heavy atom. The lowest BCUT2D eigenvalue weighted by Gasteiger charge is -2.27. The van der Waals surface area contributed by atoms with Gasteiger partial charge in [-0.05, 0) is 30.1 Å². The fourth-order valence-corrected chi connectivity index (χ4v) is 2.33. The maximum Gasteiger partial charge on any atom is -0.0380 e. The van der Waals surface area contributed by atoms with Gasteiger partial charge in [-0.3, -0.25) is 0 Å². The van der Waals surface area contributed by atoms with Crippen LogP contribution in [-0.2, 0) is 0 Å². The standard InChI is InChI=1S/C14H30/c1-7-8-9-13(10-12(2)3)11-14(4,5)6/h12-13H,7-11H2,1-6H3. The van der Waals surface area contributed by atoms with Crippen molar-refractivity contribution in [2.45, 2.75) is 73.6 Å². The summed E-state index contributed by atoms with van der Waals surface area (Å²) >= 11 is 0. The molecule has 0 saturated carbocycles. The van der Waals surface area contributed by atoms with Crippen LogP contribution in [-0.4, -0.2) is 0 Å². The van der Waals surface area contributed by atoms with E-state index in [9.17, 15) is 0 Å². The van der Waals surface area contributed by atoms with E-state index in [1.165, 1.54) is 32.1 Å². The summed E-state index contributed by atoms with van der Waals surface area (Å²) < 4.78 is 0. The summed E-state index contributed by atoms with van der Waals surface area (Å²) in [4.78, 5) is 0. The van der Waals surface area contributed by atoms with Crippen LogP contribution in [0, 0.1) is 17.3 Å². The average Bonchev–Trinajstić information content (AvgIpc) is 1.96. The zero-order valence-corrected chi connectivity index (χ0v) is 11.2. The van der Waals surface area contributed by atoms with Crippen LogP contribution >= 0.6 is 0 Å². The molecule has 0 aromatic rings. The van der Waals surface area contributed by atoms with Gasteiger partial charge in [-0.2, -0.15) is 0 Å². The summed E-state index contributed by atoms with van der Waals surface area (Å²) in [5.74, 6) is 1.81. The SMILES string of the molecule is CCCCC(CC(C)C)CC(C)(C)C. The molecule has 0 aromatic heterocycles. The van der Waals surface area contributed by atoms with Gasteiger partial charge in [0, 0.05) is 0 Å². The third kappa shape index (κ3) is 8.59. The van der Waals surface area contributed by atoms with Gasteiger partial charge in [-0.1, -0.05) is 60.8 Å². The monoisotopic (exact) mass is 198 g/mol. The molecule has 0 amide bonds. The molecule has 0 radical (unpaired) electrons. The Labute approximate surface area is 91.5 Å². The van der Waals surface area contributed by atoms with Crippen LogP contribution in [0.15, 0.2) is 0 Å². The van der Waals surface area contributed by atoms with Gasteiger partial charge in [-0.15, -0.1) is 0 Å². The third-order valence-electron chi connectivity index (χ3n) is 2.67. The molecule has 0 spiro atoms. The molecule has 0 nitrogen and oxygen atoms in total. The Morgan fingerprint density at radius 3 is 2.00 bits per heavy atom. The molecule has 0 heteroatoms. The molecule has 0 aliphatic carbocycles. The summed E-state index contributed by atoms with van der Waals surface area (Å²) in [6, 6.07) is 0. The number of hydrogen-bond acceptors (Lipinski definition) is 0. The van der Waals surface area contributed by atoms with Crippen molar-refractivity contribution in [1.29, 1.82) is 0 Å². The van der Waals surface area contributed by atoms with Gasteiger partial charge >= 0.3 is 0 Å². The van der Waals surface area contributed by atoms with Crippen LogP contribution in [0.1, 0.15) is 73.6 Å². The van der Waals surface area contributed by atoms with Crippen LogP contribution in [0.25, 0.3) is 0 Å². The van der Waals surface area contributed by atoms with Crippen LogP contribution in [0.4, 0.5) is 0 Å². The lowest BCUT2D eigenvalue weighted by molar-refractivity contribution is 0.248. The fraction of sp³-hybridized carbons (Fsp3) is 1.00. The number of unbranched alkanes of at least 4 members (excludes halogenated alkanes) is 1. The predicted octanol–water partition coefficient (Wildman–Crippen LogP) is 5.28. The average molecular weight is 198 g/mol. The summed E-state index contributed by atoms with van der Waals surface area (Å²) in [5.41, 5.74) is 0.507. The number of rotatable bonds is 6. The summed E-state index contributed by atoms with van der Waals surface area (Å²) in [7, 11) is 0. The van der Waals surface area contributed by atoms with E-state index in [1.54, 1.807) is 0 Å². The predicted molar refractivity (Wildman–Crippen MR) is 66.5 cm³/mol. The topological polar surface area (TPSA) is 0 Å². The largest absolute Gasteiger partial charge is 0.0654 e. The van der Waals surface area contributed by atoms with Crippen molar-refractivity contribution >= 4 is 0 Å². The first-order valence-corrected chi connectivity index (χ1v) is 6.35. The van der Waals surface area contributed by atoms with Gasteiger partial charge in [-0.25, -0.2) is 0 Å². The minimum absolute atomic E-state index is 0.507. The molecule has 0 aromatic carbocycles. The van der Waals surface area contributed by atoms with Gasteiger partial charge in [0.05, 0.1) is 0 Å².